The van der Waals surface area contributed by atoms with E-state index >= 15 is 0 Å². The molecule has 2 rings (SSSR count). The van der Waals surface area contributed by atoms with Crippen LogP contribution in [0.5, 0.6) is 5.75 Å². The predicted octanol–water partition coefficient (Wildman–Crippen LogP) is 1.33. The van der Waals surface area contributed by atoms with E-state index in [2.05, 4.69) is 17.9 Å². The second-order valence-corrected chi connectivity index (χ2v) is 7.13. The number of piperazine rings is 1. The zero-order chi connectivity index (χ0) is 14.8. The maximum absolute atomic E-state index is 11.5. The number of methoxy groups -OCH3 is 1. The van der Waals surface area contributed by atoms with Crippen molar-refractivity contribution in [3.05, 3.63) is 29.8 Å². The Balaban J connectivity index is 2.02. The van der Waals surface area contributed by atoms with Crippen molar-refractivity contribution < 1.29 is 13.2 Å². The highest BCUT2D eigenvalue weighted by atomic mass is 32.2. The number of hydrogen-bond acceptors (Lipinski definition) is 4. The molecular weight excluding hydrogens is 276 g/mol. The van der Waals surface area contributed by atoms with Crippen LogP contribution in [-0.2, 0) is 10.0 Å². The maximum Gasteiger partial charge on any atom is 0.211 e. The summed E-state index contributed by atoms with van der Waals surface area (Å²) in [5.41, 5.74) is 1.19. The minimum atomic E-state index is -3.06. The molecule has 1 aromatic carbocycles. The molecule has 20 heavy (non-hydrogen) atoms. The summed E-state index contributed by atoms with van der Waals surface area (Å²) in [4.78, 5) is 2.30. The van der Waals surface area contributed by atoms with Gasteiger partial charge in [0.15, 0.2) is 0 Å². The van der Waals surface area contributed by atoms with Crippen molar-refractivity contribution in [2.75, 3.05) is 39.5 Å². The fourth-order valence-electron chi connectivity index (χ4n) is 2.53. The van der Waals surface area contributed by atoms with Gasteiger partial charge in [-0.15, -0.1) is 0 Å². The minimum absolute atomic E-state index is 0.256. The molecule has 112 valence electrons. The molecule has 1 aliphatic rings. The van der Waals surface area contributed by atoms with Gasteiger partial charge in [0.1, 0.15) is 5.75 Å². The van der Waals surface area contributed by atoms with E-state index in [1.807, 2.05) is 18.2 Å². The van der Waals surface area contributed by atoms with Crippen LogP contribution in [0.4, 0.5) is 0 Å². The van der Waals surface area contributed by atoms with Crippen LogP contribution >= 0.6 is 0 Å². The molecule has 1 aliphatic heterocycles. The number of benzene rings is 1. The molecule has 1 heterocycles. The van der Waals surface area contributed by atoms with Gasteiger partial charge < -0.3 is 4.74 Å². The van der Waals surface area contributed by atoms with E-state index in [1.165, 1.54) is 11.8 Å². The predicted molar refractivity (Wildman–Crippen MR) is 79.4 cm³/mol. The molecule has 0 radical (unpaired) electrons. The van der Waals surface area contributed by atoms with Crippen LogP contribution in [0.15, 0.2) is 24.3 Å². The fraction of sp³-hybridized carbons (Fsp3) is 0.571. The smallest absolute Gasteiger partial charge is 0.211 e. The number of hydrogen-bond donors (Lipinski definition) is 0. The van der Waals surface area contributed by atoms with Crippen molar-refractivity contribution in [1.82, 2.24) is 9.21 Å². The molecule has 1 aromatic rings. The van der Waals surface area contributed by atoms with Crippen molar-refractivity contribution in [2.24, 2.45) is 0 Å². The molecule has 0 unspecified atom stereocenters. The molecule has 0 aliphatic carbocycles. The molecule has 0 amide bonds. The highest BCUT2D eigenvalue weighted by molar-refractivity contribution is 7.88. The average molecular weight is 298 g/mol. The molecule has 0 N–H and O–H groups in total. The monoisotopic (exact) mass is 298 g/mol. The van der Waals surface area contributed by atoms with Gasteiger partial charge in [0.05, 0.1) is 13.4 Å². The zero-order valence-corrected chi connectivity index (χ0v) is 13.1. The Bertz CT molecular complexity index is 551. The minimum Gasteiger partial charge on any atom is -0.497 e. The molecule has 1 atom stereocenters. The third-order valence-electron chi connectivity index (χ3n) is 3.87. The summed E-state index contributed by atoms with van der Waals surface area (Å²) >= 11 is 0. The lowest BCUT2D eigenvalue weighted by Crippen LogP contribution is -2.48. The first-order valence-electron chi connectivity index (χ1n) is 6.75. The van der Waals surface area contributed by atoms with Crippen molar-refractivity contribution in [2.45, 2.75) is 13.0 Å². The van der Waals surface area contributed by atoms with Crippen LogP contribution in [0, 0.1) is 0 Å². The summed E-state index contributed by atoms with van der Waals surface area (Å²) in [6, 6.07) is 8.28. The Morgan fingerprint density at radius 3 is 2.40 bits per heavy atom. The normalized spacial score (nSPS) is 19.8. The van der Waals surface area contributed by atoms with Gasteiger partial charge in [-0.1, -0.05) is 12.1 Å². The van der Waals surface area contributed by atoms with Gasteiger partial charge in [-0.2, -0.15) is 4.31 Å². The Labute approximate surface area is 121 Å². The highest BCUT2D eigenvalue weighted by Gasteiger charge is 2.26. The first-order chi connectivity index (χ1) is 9.41. The van der Waals surface area contributed by atoms with Gasteiger partial charge in [0, 0.05) is 32.2 Å². The zero-order valence-electron chi connectivity index (χ0n) is 12.2. The van der Waals surface area contributed by atoms with E-state index in [9.17, 15) is 8.42 Å². The van der Waals surface area contributed by atoms with Gasteiger partial charge in [0.25, 0.3) is 0 Å². The van der Waals surface area contributed by atoms with Crippen LogP contribution < -0.4 is 4.74 Å². The Morgan fingerprint density at radius 1 is 1.20 bits per heavy atom. The summed E-state index contributed by atoms with van der Waals surface area (Å²) < 4.78 is 29.8. The fourth-order valence-corrected chi connectivity index (χ4v) is 3.36. The number of sulfonamides is 1. The molecule has 1 saturated heterocycles. The number of nitrogens with zero attached hydrogens (tertiary/aromatic N) is 2. The van der Waals surface area contributed by atoms with Crippen molar-refractivity contribution >= 4 is 10.0 Å². The van der Waals surface area contributed by atoms with E-state index in [0.717, 1.165) is 18.8 Å². The molecule has 0 saturated carbocycles. The van der Waals surface area contributed by atoms with Crippen molar-refractivity contribution in [3.8, 4) is 5.75 Å². The third kappa shape index (κ3) is 3.50. The topological polar surface area (TPSA) is 49.9 Å². The van der Waals surface area contributed by atoms with Crippen LogP contribution in [0.25, 0.3) is 0 Å². The Kier molecular flexibility index (Phi) is 4.67. The lowest BCUT2D eigenvalue weighted by atomic mass is 10.1. The van der Waals surface area contributed by atoms with Gasteiger partial charge in [0.2, 0.25) is 10.0 Å². The molecule has 0 bridgehead atoms. The highest BCUT2D eigenvalue weighted by Crippen LogP contribution is 2.25. The first kappa shape index (κ1) is 15.3. The van der Waals surface area contributed by atoms with Crippen molar-refractivity contribution in [1.29, 1.82) is 0 Å². The molecule has 5 nitrogen and oxygen atoms in total. The Morgan fingerprint density at radius 2 is 1.85 bits per heavy atom. The largest absolute Gasteiger partial charge is 0.497 e. The van der Waals surface area contributed by atoms with Crippen LogP contribution in [0.2, 0.25) is 0 Å². The van der Waals surface area contributed by atoms with Gasteiger partial charge >= 0.3 is 0 Å². The lowest BCUT2D eigenvalue weighted by Gasteiger charge is -2.37. The van der Waals surface area contributed by atoms with Gasteiger partial charge in [-0.3, -0.25) is 4.90 Å². The summed E-state index contributed by atoms with van der Waals surface area (Å²) in [5, 5.41) is 0. The molecule has 0 spiro atoms. The summed E-state index contributed by atoms with van der Waals surface area (Å²) in [6.45, 7) is 4.78. The number of rotatable bonds is 4. The van der Waals surface area contributed by atoms with Gasteiger partial charge in [-0.05, 0) is 24.6 Å². The van der Waals surface area contributed by atoms with Crippen LogP contribution in [0.1, 0.15) is 18.5 Å². The third-order valence-corrected chi connectivity index (χ3v) is 5.17. The van der Waals surface area contributed by atoms with Crippen LogP contribution in [0.3, 0.4) is 0 Å². The van der Waals surface area contributed by atoms with E-state index in [-0.39, 0.29) is 6.04 Å². The van der Waals surface area contributed by atoms with E-state index in [1.54, 1.807) is 11.4 Å². The lowest BCUT2D eigenvalue weighted by molar-refractivity contribution is 0.146. The second kappa shape index (κ2) is 6.11. The first-order valence-corrected chi connectivity index (χ1v) is 8.60. The second-order valence-electron chi connectivity index (χ2n) is 5.15. The van der Waals surface area contributed by atoms with Crippen molar-refractivity contribution in [3.63, 3.8) is 0 Å². The average Bonchev–Trinajstić information content (AvgIpc) is 2.46. The molecule has 0 aromatic heterocycles. The molecule has 6 heteroatoms. The summed E-state index contributed by atoms with van der Waals surface area (Å²) in [5.74, 6) is 0.851. The van der Waals surface area contributed by atoms with E-state index in [0.29, 0.717) is 13.1 Å². The standard InChI is InChI=1S/C14H22N2O3S/c1-12(13-5-4-6-14(11-13)19-2)15-7-9-16(10-8-15)20(3,17)18/h4-6,11-12H,7-10H2,1-3H3/t12-/m1/s1. The Hall–Kier alpha value is -1.11. The van der Waals surface area contributed by atoms with E-state index < -0.39 is 10.0 Å². The van der Waals surface area contributed by atoms with Crippen LogP contribution in [-0.4, -0.2) is 57.2 Å². The maximum atomic E-state index is 11.5. The number of ether oxygens (including phenoxy) is 1. The molecule has 1 fully saturated rings. The SMILES string of the molecule is COc1cccc([C@@H](C)N2CCN(S(C)(=O)=O)CC2)c1. The molecular formula is C14H22N2O3S. The quantitative estimate of drug-likeness (QED) is 0.841. The van der Waals surface area contributed by atoms with Gasteiger partial charge in [-0.25, -0.2) is 8.42 Å². The summed E-state index contributed by atoms with van der Waals surface area (Å²) in [7, 11) is -1.40. The summed E-state index contributed by atoms with van der Waals surface area (Å²) in [6.07, 6.45) is 1.27. The van der Waals surface area contributed by atoms with E-state index in [4.69, 9.17) is 4.74 Å².